The smallest absolute Gasteiger partial charge is 0.0838 e. The van der Waals surface area contributed by atoms with E-state index in [1.807, 2.05) is 32.9 Å². The third kappa shape index (κ3) is 4.92. The quantitative estimate of drug-likeness (QED) is 0.870. The Balaban J connectivity index is 2.64. The van der Waals surface area contributed by atoms with Crippen LogP contribution in [0.25, 0.3) is 0 Å². The number of rotatable bonds is 4. The molecule has 2 heteroatoms. The van der Waals surface area contributed by atoms with Crippen molar-refractivity contribution >= 4 is 0 Å². The maximum atomic E-state index is 10.2. The Bertz CT molecular complexity index is 407. The summed E-state index contributed by atoms with van der Waals surface area (Å²) in [6.07, 6.45) is 0.897. The molecule has 1 aromatic carbocycles. The van der Waals surface area contributed by atoms with Gasteiger partial charge in [-0.1, -0.05) is 65.8 Å². The lowest BCUT2D eigenvalue weighted by Crippen LogP contribution is -2.26. The molecule has 0 saturated heterocycles. The first kappa shape index (κ1) is 17.2. The second kappa shape index (κ2) is 6.28. The first-order chi connectivity index (χ1) is 9.01. The van der Waals surface area contributed by atoms with E-state index >= 15 is 0 Å². The van der Waals surface area contributed by atoms with E-state index in [1.54, 1.807) is 0 Å². The molecule has 0 heterocycles. The van der Waals surface area contributed by atoms with Crippen LogP contribution in [0.5, 0.6) is 0 Å². The first-order valence-corrected chi connectivity index (χ1v) is 7.47. The fourth-order valence-electron chi connectivity index (χ4n) is 2.10. The van der Waals surface area contributed by atoms with E-state index in [1.165, 1.54) is 5.56 Å². The Morgan fingerprint density at radius 2 is 1.35 bits per heavy atom. The minimum absolute atomic E-state index is 0.0671. The maximum Gasteiger partial charge on any atom is 0.0838 e. The molecule has 0 fully saturated rings. The second-order valence-electron chi connectivity index (χ2n) is 7.93. The molecular formula is C18H30O2. The van der Waals surface area contributed by atoms with Gasteiger partial charge in [-0.05, 0) is 34.8 Å². The molecule has 2 N–H and O–H groups in total. The molecule has 0 aliphatic carbocycles. The molecule has 0 aliphatic heterocycles. The van der Waals surface area contributed by atoms with Gasteiger partial charge in [0, 0.05) is 0 Å². The molecule has 0 bridgehead atoms. The van der Waals surface area contributed by atoms with Crippen LogP contribution in [0.3, 0.4) is 0 Å². The normalized spacial score (nSPS) is 16.0. The minimum atomic E-state index is -0.447. The van der Waals surface area contributed by atoms with Crippen LogP contribution in [0, 0.1) is 10.8 Å². The molecule has 114 valence electrons. The lowest BCUT2D eigenvalue weighted by Gasteiger charge is -2.27. The van der Waals surface area contributed by atoms with Crippen LogP contribution in [0.4, 0.5) is 0 Å². The van der Waals surface area contributed by atoms with Gasteiger partial charge in [-0.25, -0.2) is 0 Å². The van der Waals surface area contributed by atoms with Crippen LogP contribution in [0.1, 0.15) is 65.2 Å². The Hall–Kier alpha value is -0.860. The Labute approximate surface area is 123 Å². The molecule has 0 saturated carbocycles. The SMILES string of the molecule is CC(C)(C)C(O)CCc1ccc(C(O)C(C)(C)C)cc1. The van der Waals surface area contributed by atoms with Gasteiger partial charge in [-0.2, -0.15) is 0 Å². The Morgan fingerprint density at radius 1 is 0.850 bits per heavy atom. The summed E-state index contributed by atoms with van der Waals surface area (Å²) in [6.45, 7) is 12.3. The molecule has 2 atom stereocenters. The van der Waals surface area contributed by atoms with E-state index in [0.717, 1.165) is 18.4 Å². The lowest BCUT2D eigenvalue weighted by atomic mass is 9.84. The number of hydrogen-bond donors (Lipinski definition) is 2. The number of aliphatic hydroxyl groups is 2. The highest BCUT2D eigenvalue weighted by molar-refractivity contribution is 5.25. The number of aryl methyl sites for hydroxylation is 1. The highest BCUT2D eigenvalue weighted by Crippen LogP contribution is 2.32. The van der Waals surface area contributed by atoms with Crippen molar-refractivity contribution in [1.29, 1.82) is 0 Å². The van der Waals surface area contributed by atoms with E-state index in [9.17, 15) is 10.2 Å². The molecule has 0 aliphatic rings. The molecular weight excluding hydrogens is 248 g/mol. The van der Waals surface area contributed by atoms with Crippen LogP contribution in [0.15, 0.2) is 24.3 Å². The van der Waals surface area contributed by atoms with Gasteiger partial charge < -0.3 is 10.2 Å². The number of hydrogen-bond acceptors (Lipinski definition) is 2. The first-order valence-electron chi connectivity index (χ1n) is 7.47. The van der Waals surface area contributed by atoms with Gasteiger partial charge in [0.1, 0.15) is 0 Å². The van der Waals surface area contributed by atoms with Gasteiger partial charge in [0.25, 0.3) is 0 Å². The molecule has 1 aromatic rings. The van der Waals surface area contributed by atoms with Gasteiger partial charge in [-0.15, -0.1) is 0 Å². The zero-order valence-corrected chi connectivity index (χ0v) is 13.8. The van der Waals surface area contributed by atoms with E-state index in [0.29, 0.717) is 0 Å². The van der Waals surface area contributed by atoms with Gasteiger partial charge in [0.15, 0.2) is 0 Å². The zero-order chi connectivity index (χ0) is 15.6. The van der Waals surface area contributed by atoms with Crippen molar-refractivity contribution < 1.29 is 10.2 Å². The average molecular weight is 278 g/mol. The van der Waals surface area contributed by atoms with Crippen molar-refractivity contribution in [3.05, 3.63) is 35.4 Å². The summed E-state index contributed by atoms with van der Waals surface area (Å²) in [7, 11) is 0. The standard InChI is InChI=1S/C18H30O2/c1-17(2,3)15(19)12-9-13-7-10-14(11-8-13)16(20)18(4,5)6/h7-8,10-11,15-16,19-20H,9,12H2,1-6H3. The van der Waals surface area contributed by atoms with Gasteiger partial charge >= 0.3 is 0 Å². The monoisotopic (exact) mass is 278 g/mol. The predicted octanol–water partition coefficient (Wildman–Crippen LogP) is 4.11. The highest BCUT2D eigenvalue weighted by atomic mass is 16.3. The summed E-state index contributed by atoms with van der Waals surface area (Å²) in [5, 5.41) is 20.3. The fraction of sp³-hybridized carbons (Fsp3) is 0.667. The van der Waals surface area contributed by atoms with Crippen LogP contribution in [-0.2, 0) is 6.42 Å². The predicted molar refractivity (Wildman–Crippen MR) is 84.6 cm³/mol. The van der Waals surface area contributed by atoms with E-state index in [4.69, 9.17) is 0 Å². The van der Waals surface area contributed by atoms with Crippen LogP contribution < -0.4 is 0 Å². The average Bonchev–Trinajstić information content (AvgIpc) is 2.33. The van der Waals surface area contributed by atoms with Gasteiger partial charge in [-0.3, -0.25) is 0 Å². The maximum absolute atomic E-state index is 10.2. The summed E-state index contributed by atoms with van der Waals surface area (Å²) in [4.78, 5) is 0. The van der Waals surface area contributed by atoms with Crippen molar-refractivity contribution in [2.45, 2.75) is 66.6 Å². The zero-order valence-electron chi connectivity index (χ0n) is 13.8. The molecule has 0 spiro atoms. The fourth-order valence-corrected chi connectivity index (χ4v) is 2.10. The van der Waals surface area contributed by atoms with E-state index < -0.39 is 6.10 Å². The topological polar surface area (TPSA) is 40.5 Å². The summed E-state index contributed by atoms with van der Waals surface area (Å²) < 4.78 is 0. The van der Waals surface area contributed by atoms with Gasteiger partial charge in [0.05, 0.1) is 12.2 Å². The molecule has 1 rings (SSSR count). The van der Waals surface area contributed by atoms with Crippen molar-refractivity contribution in [2.24, 2.45) is 10.8 Å². The molecule has 0 aromatic heterocycles. The molecule has 0 amide bonds. The highest BCUT2D eigenvalue weighted by Gasteiger charge is 2.24. The third-order valence-electron chi connectivity index (χ3n) is 3.82. The Morgan fingerprint density at radius 3 is 1.75 bits per heavy atom. The molecule has 2 nitrogen and oxygen atoms in total. The summed E-state index contributed by atoms with van der Waals surface area (Å²) in [6, 6.07) is 8.10. The van der Waals surface area contributed by atoms with Crippen molar-refractivity contribution in [2.75, 3.05) is 0 Å². The van der Waals surface area contributed by atoms with Crippen LogP contribution >= 0.6 is 0 Å². The number of aliphatic hydroxyl groups excluding tert-OH is 2. The van der Waals surface area contributed by atoms with Crippen molar-refractivity contribution in [3.63, 3.8) is 0 Å². The van der Waals surface area contributed by atoms with E-state index in [2.05, 4.69) is 32.9 Å². The van der Waals surface area contributed by atoms with Crippen molar-refractivity contribution in [3.8, 4) is 0 Å². The van der Waals surface area contributed by atoms with Gasteiger partial charge in [0.2, 0.25) is 0 Å². The summed E-state index contributed by atoms with van der Waals surface area (Å²) >= 11 is 0. The Kier molecular flexibility index (Phi) is 5.39. The molecule has 20 heavy (non-hydrogen) atoms. The van der Waals surface area contributed by atoms with Crippen LogP contribution in [0.2, 0.25) is 0 Å². The molecule has 2 unspecified atom stereocenters. The van der Waals surface area contributed by atoms with E-state index in [-0.39, 0.29) is 16.9 Å². The summed E-state index contributed by atoms with van der Waals surface area (Å²) in [5.74, 6) is 0. The second-order valence-corrected chi connectivity index (χ2v) is 7.93. The molecule has 0 radical (unpaired) electrons. The third-order valence-corrected chi connectivity index (χ3v) is 3.82. The largest absolute Gasteiger partial charge is 0.393 e. The van der Waals surface area contributed by atoms with Crippen LogP contribution in [-0.4, -0.2) is 16.3 Å². The van der Waals surface area contributed by atoms with Crippen molar-refractivity contribution in [1.82, 2.24) is 0 Å². The minimum Gasteiger partial charge on any atom is -0.393 e. The summed E-state index contributed by atoms with van der Waals surface area (Å²) in [5.41, 5.74) is 1.95. The lowest BCUT2D eigenvalue weighted by molar-refractivity contribution is 0.0559. The number of benzene rings is 1.